The van der Waals surface area contributed by atoms with E-state index in [1.165, 1.54) is 36.4 Å². The zero-order chi connectivity index (χ0) is 21.4. The van der Waals surface area contributed by atoms with E-state index >= 15 is 0 Å². The van der Waals surface area contributed by atoms with Crippen LogP contribution in [0.25, 0.3) is 12.2 Å². The summed E-state index contributed by atoms with van der Waals surface area (Å²) in [4.78, 5) is 25.4. The highest BCUT2D eigenvalue weighted by atomic mass is 32.2. The highest BCUT2D eigenvalue weighted by Gasteiger charge is 2.32. The van der Waals surface area contributed by atoms with Gasteiger partial charge in [0.05, 0.1) is 4.90 Å². The Morgan fingerprint density at radius 3 is 1.37 bits per heavy atom. The molecule has 0 radical (unpaired) electrons. The van der Waals surface area contributed by atoms with E-state index in [-0.39, 0.29) is 9.20 Å². The minimum Gasteiger partial charge on any atom is -0.268 e. The second kappa shape index (κ2) is 9.62. The first kappa shape index (κ1) is 21.0. The number of carbonyl (C=O) groups is 2. The Morgan fingerprint density at radius 1 is 0.600 bits per heavy atom. The highest BCUT2D eigenvalue weighted by molar-refractivity contribution is 7.90. The van der Waals surface area contributed by atoms with Crippen LogP contribution >= 0.6 is 0 Å². The lowest BCUT2D eigenvalue weighted by molar-refractivity contribution is -0.132. The van der Waals surface area contributed by atoms with Gasteiger partial charge in [0.2, 0.25) is 0 Å². The number of carbonyl (C=O) groups excluding carboxylic acids is 2. The normalized spacial score (nSPS) is 11.6. The lowest BCUT2D eigenvalue weighted by Crippen LogP contribution is -2.39. The number of hydrogen-bond donors (Lipinski definition) is 0. The molecule has 0 aromatic heterocycles. The fraction of sp³-hybridized carbons (Fsp3) is 0. The van der Waals surface area contributed by atoms with Gasteiger partial charge in [-0.1, -0.05) is 78.9 Å². The van der Waals surface area contributed by atoms with Crippen molar-refractivity contribution in [3.8, 4) is 0 Å². The fourth-order valence-electron chi connectivity index (χ4n) is 2.64. The second-order valence-electron chi connectivity index (χ2n) is 6.25. The molecule has 3 rings (SSSR count). The summed E-state index contributed by atoms with van der Waals surface area (Å²) in [6, 6.07) is 25.2. The Balaban J connectivity index is 1.96. The minimum atomic E-state index is -4.38. The number of amides is 2. The third-order valence-corrected chi connectivity index (χ3v) is 5.83. The molecule has 0 aliphatic carbocycles. The predicted octanol–water partition coefficient (Wildman–Crippen LogP) is 4.16. The zero-order valence-corrected chi connectivity index (χ0v) is 16.8. The third kappa shape index (κ3) is 5.18. The predicted molar refractivity (Wildman–Crippen MR) is 116 cm³/mol. The highest BCUT2D eigenvalue weighted by Crippen LogP contribution is 2.17. The maximum absolute atomic E-state index is 13.1. The van der Waals surface area contributed by atoms with Crippen LogP contribution in [0.15, 0.2) is 108 Å². The molecule has 150 valence electrons. The molecule has 0 unspecified atom stereocenters. The van der Waals surface area contributed by atoms with Crippen molar-refractivity contribution >= 4 is 34.0 Å². The van der Waals surface area contributed by atoms with Crippen molar-refractivity contribution < 1.29 is 18.0 Å². The molecule has 3 aromatic carbocycles. The summed E-state index contributed by atoms with van der Waals surface area (Å²) >= 11 is 0. The van der Waals surface area contributed by atoms with Gasteiger partial charge in [-0.05, 0) is 35.4 Å². The number of benzene rings is 3. The molecule has 5 nitrogen and oxygen atoms in total. The van der Waals surface area contributed by atoms with Crippen molar-refractivity contribution in [2.24, 2.45) is 0 Å². The number of rotatable bonds is 6. The number of nitrogens with zero attached hydrogens (tertiary/aromatic N) is 1. The molecule has 0 N–H and O–H groups in total. The Morgan fingerprint density at radius 2 is 0.967 bits per heavy atom. The van der Waals surface area contributed by atoms with E-state index in [0.29, 0.717) is 11.1 Å². The van der Waals surface area contributed by atoms with Gasteiger partial charge in [-0.15, -0.1) is 0 Å². The maximum Gasteiger partial charge on any atom is 0.273 e. The molecule has 0 fully saturated rings. The average molecular weight is 417 g/mol. The molecule has 0 bridgehead atoms. The van der Waals surface area contributed by atoms with Crippen LogP contribution in [0.3, 0.4) is 0 Å². The topological polar surface area (TPSA) is 71.5 Å². The van der Waals surface area contributed by atoms with Gasteiger partial charge in [0.25, 0.3) is 21.8 Å². The Kier molecular flexibility index (Phi) is 6.72. The quantitative estimate of drug-likeness (QED) is 0.565. The van der Waals surface area contributed by atoms with Crippen molar-refractivity contribution in [2.75, 3.05) is 0 Å². The molecule has 0 saturated heterocycles. The molecule has 3 aromatic rings. The van der Waals surface area contributed by atoms with Crippen molar-refractivity contribution in [1.29, 1.82) is 0 Å². The Labute approximate surface area is 175 Å². The molecule has 0 aliphatic heterocycles. The van der Waals surface area contributed by atoms with Crippen LogP contribution < -0.4 is 0 Å². The molecule has 30 heavy (non-hydrogen) atoms. The monoisotopic (exact) mass is 417 g/mol. The van der Waals surface area contributed by atoms with Gasteiger partial charge < -0.3 is 0 Å². The Hall–Kier alpha value is -3.77. The SMILES string of the molecule is O=C(C=Cc1ccccc1)N(C(=O)C=Cc1ccccc1)S(=O)(=O)c1ccccc1. The van der Waals surface area contributed by atoms with Gasteiger partial charge in [0, 0.05) is 12.2 Å². The number of sulfonamides is 1. The summed E-state index contributed by atoms with van der Waals surface area (Å²) in [5.41, 5.74) is 1.41. The van der Waals surface area contributed by atoms with Crippen LogP contribution in [0, 0.1) is 0 Å². The van der Waals surface area contributed by atoms with Gasteiger partial charge in [-0.3, -0.25) is 9.59 Å². The first-order valence-corrected chi connectivity index (χ1v) is 10.6. The molecule has 0 spiro atoms. The summed E-state index contributed by atoms with van der Waals surface area (Å²) in [7, 11) is -4.38. The van der Waals surface area contributed by atoms with Gasteiger partial charge in [0.1, 0.15) is 0 Å². The van der Waals surface area contributed by atoms with E-state index in [0.717, 1.165) is 12.2 Å². The van der Waals surface area contributed by atoms with Gasteiger partial charge in [-0.25, -0.2) is 8.42 Å². The van der Waals surface area contributed by atoms with Gasteiger partial charge >= 0.3 is 0 Å². The van der Waals surface area contributed by atoms with Crippen LogP contribution in [0.5, 0.6) is 0 Å². The largest absolute Gasteiger partial charge is 0.273 e. The summed E-state index contributed by atoms with van der Waals surface area (Å²) in [6.07, 6.45) is 5.07. The van der Waals surface area contributed by atoms with Crippen molar-refractivity contribution in [2.45, 2.75) is 4.90 Å². The van der Waals surface area contributed by atoms with Crippen molar-refractivity contribution in [1.82, 2.24) is 4.31 Å². The fourth-order valence-corrected chi connectivity index (χ4v) is 3.95. The summed E-state index contributed by atoms with van der Waals surface area (Å²) in [6.45, 7) is 0. The van der Waals surface area contributed by atoms with E-state index in [9.17, 15) is 18.0 Å². The second-order valence-corrected chi connectivity index (χ2v) is 8.03. The lowest BCUT2D eigenvalue weighted by Gasteiger charge is -2.18. The van der Waals surface area contributed by atoms with Crippen molar-refractivity contribution in [3.63, 3.8) is 0 Å². The first-order chi connectivity index (χ1) is 14.5. The molecule has 0 aliphatic rings. The zero-order valence-electron chi connectivity index (χ0n) is 16.0. The molecule has 0 saturated carbocycles. The first-order valence-electron chi connectivity index (χ1n) is 9.13. The van der Waals surface area contributed by atoms with Gasteiger partial charge in [-0.2, -0.15) is 4.31 Å². The number of hydrogen-bond acceptors (Lipinski definition) is 4. The minimum absolute atomic E-state index is 0.145. The van der Waals surface area contributed by atoms with E-state index in [1.54, 1.807) is 54.6 Å². The van der Waals surface area contributed by atoms with Gasteiger partial charge in [0.15, 0.2) is 0 Å². The smallest absolute Gasteiger partial charge is 0.268 e. The third-order valence-electron chi connectivity index (χ3n) is 4.12. The van der Waals surface area contributed by atoms with Crippen LogP contribution in [0.2, 0.25) is 0 Å². The van der Waals surface area contributed by atoms with E-state index in [2.05, 4.69) is 0 Å². The van der Waals surface area contributed by atoms with E-state index in [4.69, 9.17) is 0 Å². The number of imide groups is 1. The molecular formula is C24H19NO4S. The summed E-state index contributed by atoms with van der Waals surface area (Å²) in [5.74, 6) is -1.91. The van der Waals surface area contributed by atoms with E-state index in [1.807, 2.05) is 12.1 Å². The van der Waals surface area contributed by atoms with Crippen molar-refractivity contribution in [3.05, 3.63) is 114 Å². The molecular weight excluding hydrogens is 398 g/mol. The van der Waals surface area contributed by atoms with Crippen LogP contribution in [0.4, 0.5) is 0 Å². The molecule has 6 heteroatoms. The standard InChI is InChI=1S/C24H19NO4S/c26-23(18-16-20-10-4-1-5-11-20)25(30(28,29)22-14-8-3-9-15-22)24(27)19-17-21-12-6-2-7-13-21/h1-19H. The van der Waals surface area contributed by atoms with Crippen LogP contribution in [0.1, 0.15) is 11.1 Å². The summed E-state index contributed by atoms with van der Waals surface area (Å²) in [5, 5.41) is 0. The molecule has 0 heterocycles. The Bertz CT molecular complexity index is 1110. The molecule has 2 amide bonds. The van der Waals surface area contributed by atoms with E-state index < -0.39 is 21.8 Å². The van der Waals surface area contributed by atoms with Crippen LogP contribution in [-0.2, 0) is 19.6 Å². The average Bonchev–Trinajstić information content (AvgIpc) is 2.78. The maximum atomic E-state index is 13.1. The summed E-state index contributed by atoms with van der Waals surface area (Å²) < 4.78 is 26.4. The molecule has 0 atom stereocenters. The lowest BCUT2D eigenvalue weighted by atomic mass is 10.2. The van der Waals surface area contributed by atoms with Crippen LogP contribution in [-0.4, -0.2) is 24.5 Å².